The van der Waals surface area contributed by atoms with Gasteiger partial charge in [-0.25, -0.2) is 0 Å². The largest absolute Gasteiger partial charge is 0.294 e. The van der Waals surface area contributed by atoms with Gasteiger partial charge in [0.05, 0.1) is 22.4 Å². The molecule has 2 amide bonds. The van der Waals surface area contributed by atoms with Crippen LogP contribution in [-0.4, -0.2) is 24.8 Å². The molecule has 0 spiro atoms. The molecule has 1 saturated heterocycles. The molecule has 1 saturated carbocycles. The average Bonchev–Trinajstić information content (AvgIpc) is 3.12. The molecule has 7 heteroatoms. The summed E-state index contributed by atoms with van der Waals surface area (Å²) in [6.45, 7) is 0. The van der Waals surface area contributed by atoms with E-state index in [4.69, 9.17) is 4.55 Å². The third-order valence-electron chi connectivity index (χ3n) is 4.86. The third kappa shape index (κ3) is 1.72. The van der Waals surface area contributed by atoms with Crippen LogP contribution in [0.5, 0.6) is 0 Å². The number of carbonyl (C=O) groups is 2. The minimum atomic E-state index is -4.29. The third-order valence-corrected chi connectivity index (χ3v) is 5.73. The summed E-state index contributed by atoms with van der Waals surface area (Å²) in [5.74, 6) is -0.743. The van der Waals surface area contributed by atoms with Crippen LogP contribution < -0.4 is 4.90 Å². The molecule has 2 fully saturated rings. The van der Waals surface area contributed by atoms with Gasteiger partial charge in [0, 0.05) is 0 Å². The minimum absolute atomic E-state index is 0.133. The van der Waals surface area contributed by atoms with Crippen LogP contribution in [0, 0.1) is 23.7 Å². The molecule has 22 heavy (non-hydrogen) atoms. The average molecular weight is 319 g/mol. The Bertz CT molecular complexity index is 781. The normalized spacial score (nSPS) is 32.9. The zero-order chi connectivity index (χ0) is 15.6. The van der Waals surface area contributed by atoms with Gasteiger partial charge in [0.25, 0.3) is 10.1 Å². The maximum Gasteiger partial charge on any atom is 0.294 e. The van der Waals surface area contributed by atoms with Crippen molar-refractivity contribution in [2.75, 3.05) is 4.90 Å². The number of fused-ring (bicyclic) bond motifs is 5. The van der Waals surface area contributed by atoms with Crippen LogP contribution in [-0.2, 0) is 19.7 Å². The second-order valence-corrected chi connectivity index (χ2v) is 7.40. The second-order valence-electron chi connectivity index (χ2n) is 5.98. The van der Waals surface area contributed by atoms with Crippen molar-refractivity contribution in [3.8, 4) is 0 Å². The van der Waals surface area contributed by atoms with Crippen LogP contribution in [0.2, 0.25) is 0 Å². The quantitative estimate of drug-likeness (QED) is 0.503. The number of allylic oxidation sites excluding steroid dienone is 2. The smallest absolute Gasteiger partial charge is 0.282 e. The van der Waals surface area contributed by atoms with Crippen molar-refractivity contribution >= 4 is 27.6 Å². The molecule has 1 unspecified atom stereocenters. The van der Waals surface area contributed by atoms with E-state index in [2.05, 4.69) is 0 Å². The topological polar surface area (TPSA) is 91.8 Å². The van der Waals surface area contributed by atoms with Crippen LogP contribution in [0.1, 0.15) is 6.42 Å². The Kier molecular flexibility index (Phi) is 2.65. The van der Waals surface area contributed by atoms with E-state index in [-0.39, 0.29) is 40.4 Å². The number of hydrogen-bond donors (Lipinski definition) is 1. The zero-order valence-corrected chi connectivity index (χ0v) is 12.2. The van der Waals surface area contributed by atoms with Crippen molar-refractivity contribution in [1.82, 2.24) is 0 Å². The molecule has 2 bridgehead atoms. The molecule has 2 aliphatic carbocycles. The van der Waals surface area contributed by atoms with Crippen molar-refractivity contribution in [2.45, 2.75) is 11.3 Å². The van der Waals surface area contributed by atoms with Crippen molar-refractivity contribution in [1.29, 1.82) is 0 Å². The van der Waals surface area contributed by atoms with Crippen LogP contribution in [0.4, 0.5) is 5.69 Å². The van der Waals surface area contributed by atoms with Gasteiger partial charge in [-0.3, -0.25) is 19.0 Å². The number of anilines is 1. The van der Waals surface area contributed by atoms with Crippen LogP contribution in [0.3, 0.4) is 0 Å². The van der Waals surface area contributed by atoms with Gasteiger partial charge < -0.3 is 0 Å². The Labute approximate surface area is 127 Å². The molecule has 0 aromatic heterocycles. The summed E-state index contributed by atoms with van der Waals surface area (Å²) in [5, 5.41) is 0. The summed E-state index contributed by atoms with van der Waals surface area (Å²) in [6, 6.07) is 5.11. The van der Waals surface area contributed by atoms with Crippen LogP contribution in [0.25, 0.3) is 0 Å². The number of hydrogen-bond acceptors (Lipinski definition) is 4. The van der Waals surface area contributed by atoms with Crippen molar-refractivity contribution < 1.29 is 22.6 Å². The van der Waals surface area contributed by atoms with Gasteiger partial charge in [-0.15, -0.1) is 0 Å². The Morgan fingerprint density at radius 3 is 1.91 bits per heavy atom. The van der Waals surface area contributed by atoms with Gasteiger partial charge in [-0.2, -0.15) is 8.42 Å². The van der Waals surface area contributed by atoms with E-state index >= 15 is 0 Å². The first-order chi connectivity index (χ1) is 10.4. The standard InChI is InChI=1S/C15H13NO5S/c17-14-12-8-1-2-9(7-8)13(12)15(18)16(14)10-3-5-11(6-4-10)22(19,20)21/h1-6,8-9,12-13H,7H2,(H,19,20,21)/t8-,9?,12+,13-/m0/s1. The summed E-state index contributed by atoms with van der Waals surface area (Å²) in [7, 11) is -4.29. The summed E-state index contributed by atoms with van der Waals surface area (Å²) in [5.41, 5.74) is 0.344. The van der Waals surface area contributed by atoms with E-state index in [1.54, 1.807) is 0 Å². The summed E-state index contributed by atoms with van der Waals surface area (Å²) < 4.78 is 31.1. The maximum atomic E-state index is 12.6. The van der Waals surface area contributed by atoms with E-state index < -0.39 is 10.1 Å². The SMILES string of the molecule is O=C1[C@@H]2[C@H]3C=CC(C3)[C@@H]2C(=O)N1c1ccc(S(=O)(=O)O)cc1. The molecule has 1 N–H and O–H groups in total. The molecule has 114 valence electrons. The van der Waals surface area contributed by atoms with Gasteiger partial charge in [0.2, 0.25) is 11.8 Å². The van der Waals surface area contributed by atoms with Gasteiger partial charge in [-0.05, 0) is 42.5 Å². The van der Waals surface area contributed by atoms with Crippen LogP contribution >= 0.6 is 0 Å². The first-order valence-corrected chi connectivity index (χ1v) is 8.45. The predicted octanol–water partition coefficient (Wildman–Crippen LogP) is 1.24. The van der Waals surface area contributed by atoms with Gasteiger partial charge in [0.15, 0.2) is 0 Å². The van der Waals surface area contributed by atoms with E-state index in [9.17, 15) is 18.0 Å². The Morgan fingerprint density at radius 2 is 1.45 bits per heavy atom. The molecule has 4 atom stereocenters. The number of amides is 2. The lowest BCUT2D eigenvalue weighted by Crippen LogP contribution is -2.32. The monoisotopic (exact) mass is 319 g/mol. The molecule has 1 aromatic rings. The fourth-order valence-electron chi connectivity index (χ4n) is 3.92. The molecule has 1 aromatic carbocycles. The summed E-state index contributed by atoms with van der Waals surface area (Å²) in [6.07, 6.45) is 4.90. The molecule has 4 rings (SSSR count). The lowest BCUT2D eigenvalue weighted by atomic mass is 9.85. The lowest BCUT2D eigenvalue weighted by molar-refractivity contribution is -0.123. The zero-order valence-electron chi connectivity index (χ0n) is 11.4. The Morgan fingerprint density at radius 1 is 0.955 bits per heavy atom. The molecule has 1 aliphatic heterocycles. The highest BCUT2D eigenvalue weighted by Crippen LogP contribution is 2.53. The van der Waals surface area contributed by atoms with E-state index in [0.29, 0.717) is 5.69 Å². The molecular weight excluding hydrogens is 306 g/mol. The molecule has 0 radical (unpaired) electrons. The van der Waals surface area contributed by atoms with E-state index in [1.165, 1.54) is 24.3 Å². The Hall–Kier alpha value is -1.99. The van der Waals surface area contributed by atoms with E-state index in [1.807, 2.05) is 12.2 Å². The fraction of sp³-hybridized carbons (Fsp3) is 0.333. The van der Waals surface area contributed by atoms with Crippen molar-refractivity contribution in [2.24, 2.45) is 23.7 Å². The first-order valence-electron chi connectivity index (χ1n) is 7.01. The summed E-state index contributed by atoms with van der Waals surface area (Å²) in [4.78, 5) is 26.0. The highest BCUT2D eigenvalue weighted by atomic mass is 32.2. The Balaban J connectivity index is 1.70. The number of rotatable bonds is 2. The first kappa shape index (κ1) is 13.7. The fourth-order valence-corrected chi connectivity index (χ4v) is 4.40. The van der Waals surface area contributed by atoms with Gasteiger partial charge in [0.1, 0.15) is 0 Å². The minimum Gasteiger partial charge on any atom is -0.282 e. The predicted molar refractivity (Wildman–Crippen MR) is 76.5 cm³/mol. The highest BCUT2D eigenvalue weighted by Gasteiger charge is 2.59. The van der Waals surface area contributed by atoms with Gasteiger partial charge >= 0.3 is 0 Å². The number of nitrogens with zero attached hydrogens (tertiary/aromatic N) is 1. The maximum absolute atomic E-state index is 12.6. The van der Waals surface area contributed by atoms with Crippen molar-refractivity contribution in [3.63, 3.8) is 0 Å². The van der Waals surface area contributed by atoms with Crippen LogP contribution in [0.15, 0.2) is 41.3 Å². The number of imide groups is 1. The summed E-state index contributed by atoms with van der Waals surface area (Å²) >= 11 is 0. The molecule has 3 aliphatic rings. The highest BCUT2D eigenvalue weighted by molar-refractivity contribution is 7.85. The van der Waals surface area contributed by atoms with E-state index in [0.717, 1.165) is 11.3 Å². The number of carbonyl (C=O) groups excluding carboxylic acids is 2. The molecule has 1 heterocycles. The van der Waals surface area contributed by atoms with Gasteiger partial charge in [-0.1, -0.05) is 12.2 Å². The second kappa shape index (κ2) is 4.27. The lowest BCUT2D eigenvalue weighted by Gasteiger charge is -2.17. The molecular formula is C15H13NO5S. The van der Waals surface area contributed by atoms with Crippen molar-refractivity contribution in [3.05, 3.63) is 36.4 Å². The molecule has 6 nitrogen and oxygen atoms in total. The number of benzene rings is 1.